The van der Waals surface area contributed by atoms with E-state index in [4.69, 9.17) is 5.73 Å². The van der Waals surface area contributed by atoms with E-state index in [1.807, 2.05) is 0 Å². The molecule has 0 atom stereocenters. The number of halogens is 1. The predicted molar refractivity (Wildman–Crippen MR) is 66.5 cm³/mol. The van der Waals surface area contributed by atoms with Crippen molar-refractivity contribution in [2.75, 3.05) is 20.1 Å². The van der Waals surface area contributed by atoms with Crippen LogP contribution < -0.4 is 5.73 Å². The molecule has 0 aliphatic heterocycles. The van der Waals surface area contributed by atoms with E-state index in [1.165, 1.54) is 7.05 Å². The third-order valence-electron chi connectivity index (χ3n) is 2.48. The van der Waals surface area contributed by atoms with Crippen molar-refractivity contribution in [2.24, 2.45) is 5.73 Å². The number of hydrogen-bond acceptors (Lipinski definition) is 5. The number of benzene rings is 1. The summed E-state index contributed by atoms with van der Waals surface area (Å²) in [5.41, 5.74) is 4.50. The molecule has 106 valence electrons. The Labute approximate surface area is 110 Å². The molecule has 0 amide bonds. The Balaban J connectivity index is 3.25. The van der Waals surface area contributed by atoms with Gasteiger partial charge < -0.3 is 5.73 Å². The molecule has 0 spiro atoms. The van der Waals surface area contributed by atoms with Crippen LogP contribution >= 0.6 is 0 Å². The molecule has 0 bridgehead atoms. The number of nitrogens with zero attached hydrogens (tertiary/aromatic N) is 2. The Morgan fingerprint density at radius 1 is 1.47 bits per heavy atom. The largest absolute Gasteiger partial charge is 0.330 e. The molecule has 0 aromatic heterocycles. The highest BCUT2D eigenvalue weighted by atomic mass is 32.2. The van der Waals surface area contributed by atoms with Crippen molar-refractivity contribution in [1.82, 2.24) is 4.31 Å². The average molecular weight is 291 g/mol. The van der Waals surface area contributed by atoms with Crippen LogP contribution in [0.25, 0.3) is 0 Å². The lowest BCUT2D eigenvalue weighted by molar-refractivity contribution is -0.388. The fraction of sp³-hybridized carbons (Fsp3) is 0.400. The van der Waals surface area contributed by atoms with Gasteiger partial charge >= 0.3 is 0 Å². The van der Waals surface area contributed by atoms with E-state index in [0.29, 0.717) is 19.0 Å². The van der Waals surface area contributed by atoms with Crippen molar-refractivity contribution >= 4 is 15.7 Å². The predicted octanol–water partition coefficient (Wildman–Crippen LogP) is 0.703. The van der Waals surface area contributed by atoms with Crippen molar-refractivity contribution in [3.8, 4) is 0 Å². The second-order valence-electron chi connectivity index (χ2n) is 3.84. The minimum absolute atomic E-state index is 0.132. The van der Waals surface area contributed by atoms with E-state index in [9.17, 15) is 22.9 Å². The van der Waals surface area contributed by atoms with Crippen LogP contribution in [-0.2, 0) is 10.0 Å². The molecule has 0 heterocycles. The zero-order chi connectivity index (χ0) is 14.6. The first-order valence-electron chi connectivity index (χ1n) is 5.41. The minimum Gasteiger partial charge on any atom is -0.330 e. The highest BCUT2D eigenvalue weighted by Crippen LogP contribution is 2.26. The van der Waals surface area contributed by atoms with Gasteiger partial charge in [-0.05, 0) is 25.1 Å². The fourth-order valence-corrected chi connectivity index (χ4v) is 2.80. The van der Waals surface area contributed by atoms with E-state index in [1.54, 1.807) is 0 Å². The number of rotatable bonds is 6. The standard InChI is InChI=1S/C10H14FN3O4S/c1-13(6-2-5-12)19(17,18)10-4-3-8(11)7-9(10)14(15)16/h3-4,7H,2,5-6,12H2,1H3. The lowest BCUT2D eigenvalue weighted by atomic mass is 10.3. The lowest BCUT2D eigenvalue weighted by Gasteiger charge is -2.16. The Morgan fingerprint density at radius 3 is 2.63 bits per heavy atom. The van der Waals surface area contributed by atoms with E-state index in [-0.39, 0.29) is 6.54 Å². The maximum absolute atomic E-state index is 13.0. The van der Waals surface area contributed by atoms with Gasteiger partial charge in [0.25, 0.3) is 5.69 Å². The first kappa shape index (κ1) is 15.5. The van der Waals surface area contributed by atoms with Crippen LogP contribution in [0.15, 0.2) is 23.1 Å². The Bertz CT molecular complexity index is 576. The monoisotopic (exact) mass is 291 g/mol. The van der Waals surface area contributed by atoms with Crippen LogP contribution in [0.1, 0.15) is 6.42 Å². The first-order valence-corrected chi connectivity index (χ1v) is 6.85. The van der Waals surface area contributed by atoms with E-state index >= 15 is 0 Å². The molecule has 0 unspecified atom stereocenters. The number of nitro groups is 1. The number of nitro benzene ring substituents is 1. The van der Waals surface area contributed by atoms with Gasteiger partial charge in [-0.3, -0.25) is 10.1 Å². The normalized spacial score (nSPS) is 11.8. The van der Waals surface area contributed by atoms with Gasteiger partial charge in [-0.1, -0.05) is 0 Å². The van der Waals surface area contributed by atoms with Gasteiger partial charge in [-0.15, -0.1) is 0 Å². The van der Waals surface area contributed by atoms with E-state index in [0.717, 1.165) is 16.4 Å². The summed E-state index contributed by atoms with van der Waals surface area (Å²) in [6, 6.07) is 2.35. The van der Waals surface area contributed by atoms with Gasteiger partial charge in [-0.2, -0.15) is 0 Å². The Hall–Kier alpha value is -1.58. The summed E-state index contributed by atoms with van der Waals surface area (Å²) in [6.45, 7) is 0.429. The third kappa shape index (κ3) is 3.46. The van der Waals surface area contributed by atoms with Crippen LogP contribution in [0.4, 0.5) is 10.1 Å². The minimum atomic E-state index is -4.03. The maximum Gasteiger partial charge on any atom is 0.292 e. The zero-order valence-electron chi connectivity index (χ0n) is 10.2. The van der Waals surface area contributed by atoms with Crippen molar-refractivity contribution in [3.63, 3.8) is 0 Å². The van der Waals surface area contributed by atoms with Gasteiger partial charge in [0.05, 0.1) is 11.0 Å². The molecule has 0 aliphatic carbocycles. The molecular weight excluding hydrogens is 277 g/mol. The number of nitrogens with two attached hydrogens (primary N) is 1. The molecular formula is C10H14FN3O4S. The molecule has 0 radical (unpaired) electrons. The quantitative estimate of drug-likeness (QED) is 0.613. The summed E-state index contributed by atoms with van der Waals surface area (Å²) in [4.78, 5) is 9.34. The van der Waals surface area contributed by atoms with Gasteiger partial charge in [0.2, 0.25) is 10.0 Å². The highest BCUT2D eigenvalue weighted by Gasteiger charge is 2.29. The molecule has 1 aromatic carbocycles. The molecule has 7 nitrogen and oxygen atoms in total. The van der Waals surface area contributed by atoms with Gasteiger partial charge in [0.15, 0.2) is 4.90 Å². The van der Waals surface area contributed by atoms with Gasteiger partial charge in [-0.25, -0.2) is 17.1 Å². The van der Waals surface area contributed by atoms with Crippen molar-refractivity contribution in [1.29, 1.82) is 0 Å². The number of hydrogen-bond donors (Lipinski definition) is 1. The van der Waals surface area contributed by atoms with Gasteiger partial charge in [0, 0.05) is 13.6 Å². The lowest BCUT2D eigenvalue weighted by Crippen LogP contribution is -2.29. The van der Waals surface area contributed by atoms with Crippen LogP contribution in [0, 0.1) is 15.9 Å². The molecule has 1 rings (SSSR count). The van der Waals surface area contributed by atoms with Crippen LogP contribution in [-0.4, -0.2) is 37.8 Å². The molecule has 2 N–H and O–H groups in total. The number of sulfonamides is 1. The Kier molecular flexibility index (Phi) is 4.92. The second-order valence-corrected chi connectivity index (χ2v) is 5.85. The average Bonchev–Trinajstić information content (AvgIpc) is 2.35. The fourth-order valence-electron chi connectivity index (χ4n) is 1.45. The summed E-state index contributed by atoms with van der Waals surface area (Å²) in [6.07, 6.45) is 0.421. The summed E-state index contributed by atoms with van der Waals surface area (Å²) in [7, 11) is -2.74. The summed E-state index contributed by atoms with van der Waals surface area (Å²) >= 11 is 0. The maximum atomic E-state index is 13.0. The van der Waals surface area contributed by atoms with E-state index in [2.05, 4.69) is 0 Å². The molecule has 0 fully saturated rings. The highest BCUT2D eigenvalue weighted by molar-refractivity contribution is 7.89. The summed E-state index contributed by atoms with van der Waals surface area (Å²) < 4.78 is 38.2. The van der Waals surface area contributed by atoms with Gasteiger partial charge in [0.1, 0.15) is 5.82 Å². The zero-order valence-corrected chi connectivity index (χ0v) is 11.1. The molecule has 19 heavy (non-hydrogen) atoms. The van der Waals surface area contributed by atoms with Crippen LogP contribution in [0.5, 0.6) is 0 Å². The van der Waals surface area contributed by atoms with E-state index < -0.39 is 31.3 Å². The second kappa shape index (κ2) is 6.04. The molecule has 1 aromatic rings. The van der Waals surface area contributed by atoms with Crippen molar-refractivity contribution in [3.05, 3.63) is 34.1 Å². The van der Waals surface area contributed by atoms with Crippen LogP contribution in [0.2, 0.25) is 0 Å². The molecule has 9 heteroatoms. The van der Waals surface area contributed by atoms with Crippen molar-refractivity contribution in [2.45, 2.75) is 11.3 Å². The third-order valence-corrected chi connectivity index (χ3v) is 4.39. The molecule has 0 saturated heterocycles. The molecule has 0 saturated carbocycles. The van der Waals surface area contributed by atoms with Crippen molar-refractivity contribution < 1.29 is 17.7 Å². The topological polar surface area (TPSA) is 107 Å². The smallest absolute Gasteiger partial charge is 0.292 e. The first-order chi connectivity index (χ1) is 8.80. The summed E-state index contributed by atoms with van der Waals surface area (Å²) in [5.74, 6) is -0.865. The SMILES string of the molecule is CN(CCCN)S(=O)(=O)c1ccc(F)cc1[N+](=O)[O-]. The Morgan fingerprint density at radius 2 is 2.11 bits per heavy atom. The van der Waals surface area contributed by atoms with Crippen LogP contribution in [0.3, 0.4) is 0 Å². The summed E-state index contributed by atoms with van der Waals surface area (Å²) in [5, 5.41) is 10.8. The molecule has 0 aliphatic rings.